The van der Waals surface area contributed by atoms with Gasteiger partial charge < -0.3 is 9.15 Å². The van der Waals surface area contributed by atoms with Crippen molar-refractivity contribution in [2.45, 2.75) is 13.1 Å². The number of fused-ring (bicyclic) bond motifs is 1. The minimum Gasteiger partial charge on any atom is -0.497 e. The Morgan fingerprint density at radius 2 is 1.75 bits per heavy atom. The van der Waals surface area contributed by atoms with Crippen LogP contribution in [-0.2, 0) is 6.18 Å². The normalized spacial score (nSPS) is 11.7. The van der Waals surface area contributed by atoms with E-state index in [9.17, 15) is 18.0 Å². The summed E-state index contributed by atoms with van der Waals surface area (Å²) in [7, 11) is 1.39. The number of alkyl halides is 3. The molecule has 0 amide bonds. The number of rotatable bonds is 2. The Morgan fingerprint density at radius 1 is 1.08 bits per heavy atom. The van der Waals surface area contributed by atoms with Gasteiger partial charge >= 0.3 is 6.18 Å². The van der Waals surface area contributed by atoms with Gasteiger partial charge in [0.2, 0.25) is 11.2 Å². The summed E-state index contributed by atoms with van der Waals surface area (Å²) >= 11 is 0. The van der Waals surface area contributed by atoms with E-state index in [4.69, 9.17) is 9.15 Å². The third-order valence-electron chi connectivity index (χ3n) is 3.72. The predicted molar refractivity (Wildman–Crippen MR) is 84.2 cm³/mol. The van der Waals surface area contributed by atoms with Crippen molar-refractivity contribution in [1.82, 2.24) is 0 Å². The predicted octanol–water partition coefficient (Wildman–Crippen LogP) is 4.80. The second-order valence-corrected chi connectivity index (χ2v) is 5.32. The van der Waals surface area contributed by atoms with E-state index in [1.54, 1.807) is 31.2 Å². The van der Waals surface area contributed by atoms with E-state index in [2.05, 4.69) is 0 Å². The average Bonchev–Trinajstić information content (AvgIpc) is 2.53. The maximum atomic E-state index is 13.5. The van der Waals surface area contributed by atoms with Crippen molar-refractivity contribution in [3.8, 4) is 16.9 Å². The number of ether oxygens (including phenoxy) is 1. The lowest BCUT2D eigenvalue weighted by molar-refractivity contribution is -0.152. The van der Waals surface area contributed by atoms with Crippen LogP contribution in [0, 0.1) is 6.92 Å². The molecule has 6 heteroatoms. The van der Waals surface area contributed by atoms with Gasteiger partial charge in [-0.15, -0.1) is 0 Å². The van der Waals surface area contributed by atoms with Crippen LogP contribution >= 0.6 is 0 Å². The number of benzene rings is 2. The first kappa shape index (κ1) is 16.1. The second kappa shape index (κ2) is 5.70. The van der Waals surface area contributed by atoms with E-state index < -0.39 is 22.9 Å². The SMILES string of the molecule is COc1cc(C)c2c(=O)c(-c3ccccc3)c(C(F)(F)F)oc2c1. The molecule has 124 valence electrons. The fourth-order valence-corrected chi connectivity index (χ4v) is 2.67. The van der Waals surface area contributed by atoms with Crippen LogP contribution in [0.25, 0.3) is 22.1 Å². The van der Waals surface area contributed by atoms with Crippen LogP contribution in [0.4, 0.5) is 13.2 Å². The number of hydrogen-bond donors (Lipinski definition) is 0. The van der Waals surface area contributed by atoms with Gasteiger partial charge in [0, 0.05) is 6.07 Å². The summed E-state index contributed by atoms with van der Waals surface area (Å²) in [6.45, 7) is 1.63. The van der Waals surface area contributed by atoms with Gasteiger partial charge in [0.05, 0.1) is 18.1 Å². The molecule has 0 N–H and O–H groups in total. The van der Waals surface area contributed by atoms with Gasteiger partial charge in [-0.1, -0.05) is 30.3 Å². The monoisotopic (exact) mass is 334 g/mol. The van der Waals surface area contributed by atoms with E-state index >= 15 is 0 Å². The van der Waals surface area contributed by atoms with Crippen molar-refractivity contribution in [3.05, 3.63) is 64.0 Å². The van der Waals surface area contributed by atoms with Crippen LogP contribution in [0.1, 0.15) is 11.3 Å². The number of hydrogen-bond acceptors (Lipinski definition) is 3. The van der Waals surface area contributed by atoms with Gasteiger partial charge in [-0.2, -0.15) is 13.2 Å². The quantitative estimate of drug-likeness (QED) is 0.676. The Labute approximate surface area is 135 Å². The first-order valence-electron chi connectivity index (χ1n) is 7.11. The van der Waals surface area contributed by atoms with E-state index in [1.807, 2.05) is 0 Å². The zero-order chi connectivity index (χ0) is 17.5. The summed E-state index contributed by atoms with van der Waals surface area (Å²) in [6.07, 6.45) is -4.80. The highest BCUT2D eigenvalue weighted by molar-refractivity contribution is 5.86. The molecule has 0 spiro atoms. The maximum Gasteiger partial charge on any atom is 0.450 e. The third-order valence-corrected chi connectivity index (χ3v) is 3.72. The Kier molecular flexibility index (Phi) is 3.83. The maximum absolute atomic E-state index is 13.5. The molecule has 3 nitrogen and oxygen atoms in total. The minimum absolute atomic E-state index is 0.114. The zero-order valence-corrected chi connectivity index (χ0v) is 12.9. The zero-order valence-electron chi connectivity index (χ0n) is 12.9. The minimum atomic E-state index is -4.80. The molecule has 3 aromatic rings. The molecular weight excluding hydrogens is 321 g/mol. The van der Waals surface area contributed by atoms with Crippen molar-refractivity contribution in [2.24, 2.45) is 0 Å². The summed E-state index contributed by atoms with van der Waals surface area (Å²) in [5, 5.41) is 0.114. The van der Waals surface area contributed by atoms with Crippen molar-refractivity contribution in [2.75, 3.05) is 7.11 Å². The Morgan fingerprint density at radius 3 is 2.33 bits per heavy atom. The molecule has 1 aromatic heterocycles. The van der Waals surface area contributed by atoms with Gasteiger partial charge in [0.25, 0.3) is 0 Å². The molecule has 0 unspecified atom stereocenters. The van der Waals surface area contributed by atoms with Gasteiger partial charge in [-0.3, -0.25) is 4.79 Å². The number of methoxy groups -OCH3 is 1. The average molecular weight is 334 g/mol. The van der Waals surface area contributed by atoms with Gasteiger partial charge in [0.1, 0.15) is 11.3 Å². The fraction of sp³-hybridized carbons (Fsp3) is 0.167. The van der Waals surface area contributed by atoms with E-state index in [1.165, 1.54) is 25.3 Å². The molecule has 0 bridgehead atoms. The van der Waals surface area contributed by atoms with E-state index in [-0.39, 0.29) is 16.5 Å². The van der Waals surface area contributed by atoms with Crippen LogP contribution in [0.15, 0.2) is 51.7 Å². The van der Waals surface area contributed by atoms with E-state index in [0.717, 1.165) is 0 Å². The van der Waals surface area contributed by atoms with Gasteiger partial charge in [-0.05, 0) is 24.1 Å². The molecule has 0 radical (unpaired) electrons. The Bertz CT molecular complexity index is 957. The molecule has 0 aliphatic carbocycles. The molecule has 0 aliphatic rings. The fourth-order valence-electron chi connectivity index (χ4n) is 2.67. The van der Waals surface area contributed by atoms with Crippen LogP contribution in [0.2, 0.25) is 0 Å². The number of aryl methyl sites for hydroxylation is 1. The molecule has 0 atom stereocenters. The van der Waals surface area contributed by atoms with Gasteiger partial charge in [-0.25, -0.2) is 0 Å². The molecule has 0 saturated heterocycles. The van der Waals surface area contributed by atoms with E-state index in [0.29, 0.717) is 11.3 Å². The highest BCUT2D eigenvalue weighted by Crippen LogP contribution is 2.38. The first-order chi connectivity index (χ1) is 11.3. The van der Waals surface area contributed by atoms with Crippen molar-refractivity contribution < 1.29 is 22.3 Å². The third kappa shape index (κ3) is 2.64. The summed E-state index contributed by atoms with van der Waals surface area (Å²) in [4.78, 5) is 12.8. The summed E-state index contributed by atoms with van der Waals surface area (Å²) in [5.41, 5.74) is -0.692. The van der Waals surface area contributed by atoms with Crippen LogP contribution in [0.5, 0.6) is 5.75 Å². The molecule has 0 saturated carbocycles. The molecule has 1 heterocycles. The highest BCUT2D eigenvalue weighted by Gasteiger charge is 2.39. The highest BCUT2D eigenvalue weighted by atomic mass is 19.4. The lowest BCUT2D eigenvalue weighted by atomic mass is 10.00. The summed E-state index contributed by atoms with van der Waals surface area (Å²) in [5.74, 6) is -0.984. The largest absolute Gasteiger partial charge is 0.497 e. The molecule has 2 aromatic carbocycles. The van der Waals surface area contributed by atoms with Crippen LogP contribution in [-0.4, -0.2) is 7.11 Å². The summed E-state index contributed by atoms with van der Waals surface area (Å²) < 4.78 is 50.5. The molecule has 0 fully saturated rings. The standard InChI is InChI=1S/C18H13F3O3/c1-10-8-12(23-2)9-13-14(10)16(22)15(11-6-4-3-5-7-11)17(24-13)18(19,20)21/h3-9H,1-2H3. The lowest BCUT2D eigenvalue weighted by Gasteiger charge is -2.14. The van der Waals surface area contributed by atoms with Crippen molar-refractivity contribution >= 4 is 11.0 Å². The first-order valence-corrected chi connectivity index (χ1v) is 7.11. The topological polar surface area (TPSA) is 39.4 Å². The molecule has 3 rings (SSSR count). The lowest BCUT2D eigenvalue weighted by Crippen LogP contribution is -2.16. The molecular formula is C18H13F3O3. The van der Waals surface area contributed by atoms with Crippen molar-refractivity contribution in [3.63, 3.8) is 0 Å². The summed E-state index contributed by atoms with van der Waals surface area (Å²) in [6, 6.07) is 10.6. The molecule has 0 aliphatic heterocycles. The Balaban J connectivity index is 2.48. The second-order valence-electron chi connectivity index (χ2n) is 5.32. The van der Waals surface area contributed by atoms with Crippen molar-refractivity contribution in [1.29, 1.82) is 0 Å². The number of halogens is 3. The Hall–Kier alpha value is -2.76. The molecule has 24 heavy (non-hydrogen) atoms. The van der Waals surface area contributed by atoms with Gasteiger partial charge in [0.15, 0.2) is 0 Å². The van der Waals surface area contributed by atoms with Crippen LogP contribution < -0.4 is 10.2 Å². The smallest absolute Gasteiger partial charge is 0.450 e. The van der Waals surface area contributed by atoms with Crippen LogP contribution in [0.3, 0.4) is 0 Å².